The van der Waals surface area contributed by atoms with Crippen LogP contribution in [0.4, 0.5) is 0 Å². The van der Waals surface area contributed by atoms with E-state index in [-0.39, 0.29) is 0 Å². The van der Waals surface area contributed by atoms with E-state index < -0.39 is 0 Å². The minimum Gasteiger partial charge on any atom is -0.381 e. The molecule has 2 nitrogen and oxygen atoms in total. The van der Waals surface area contributed by atoms with Gasteiger partial charge in [0.05, 0.1) is 6.61 Å². The van der Waals surface area contributed by atoms with Crippen LogP contribution in [0.2, 0.25) is 0 Å². The Balaban J connectivity index is 3.23. The molecule has 0 bridgehead atoms. The van der Waals surface area contributed by atoms with Crippen molar-refractivity contribution in [2.45, 2.75) is 34.6 Å². The first kappa shape index (κ1) is 13.9. The van der Waals surface area contributed by atoms with Crippen molar-refractivity contribution in [1.29, 1.82) is 0 Å². The quantitative estimate of drug-likeness (QED) is 0.651. The molecule has 1 unspecified atom stereocenters. The lowest BCUT2D eigenvalue weighted by atomic mass is 10.1. The van der Waals surface area contributed by atoms with E-state index in [1.165, 1.54) is 0 Å². The highest BCUT2D eigenvalue weighted by atomic mass is 16.5. The normalized spacial score (nSPS) is 13.9. The van der Waals surface area contributed by atoms with Gasteiger partial charge in [0.25, 0.3) is 0 Å². The first-order valence-corrected chi connectivity index (χ1v) is 5.80. The summed E-state index contributed by atoms with van der Waals surface area (Å²) in [6, 6.07) is 0. The SMILES string of the molecule is CC(C)CNCC(C)COCC(C)C. The molecule has 0 aliphatic heterocycles. The molecule has 0 rings (SSSR count). The summed E-state index contributed by atoms with van der Waals surface area (Å²) in [6.45, 7) is 15.0. The van der Waals surface area contributed by atoms with Gasteiger partial charge in [0.2, 0.25) is 0 Å². The molecule has 0 heterocycles. The molecule has 0 aromatic heterocycles. The molecule has 0 aromatic rings. The third kappa shape index (κ3) is 10.0. The van der Waals surface area contributed by atoms with Crippen LogP contribution in [-0.4, -0.2) is 26.3 Å². The van der Waals surface area contributed by atoms with E-state index in [9.17, 15) is 0 Å². The maximum atomic E-state index is 5.57. The van der Waals surface area contributed by atoms with Crippen LogP contribution < -0.4 is 5.32 Å². The summed E-state index contributed by atoms with van der Waals surface area (Å²) in [4.78, 5) is 0. The highest BCUT2D eigenvalue weighted by Crippen LogP contribution is 1.98. The van der Waals surface area contributed by atoms with Gasteiger partial charge in [-0.3, -0.25) is 0 Å². The number of ether oxygens (including phenoxy) is 1. The summed E-state index contributed by atoms with van der Waals surface area (Å²) in [5, 5.41) is 3.44. The minimum absolute atomic E-state index is 0.618. The van der Waals surface area contributed by atoms with Gasteiger partial charge in [0, 0.05) is 6.61 Å². The fraction of sp³-hybridized carbons (Fsp3) is 1.00. The smallest absolute Gasteiger partial charge is 0.0503 e. The van der Waals surface area contributed by atoms with Gasteiger partial charge in [0.1, 0.15) is 0 Å². The van der Waals surface area contributed by atoms with Crippen molar-refractivity contribution in [2.75, 3.05) is 26.3 Å². The first-order chi connectivity index (χ1) is 6.52. The number of hydrogen-bond acceptors (Lipinski definition) is 2. The first-order valence-electron chi connectivity index (χ1n) is 5.80. The monoisotopic (exact) mass is 201 g/mol. The highest BCUT2D eigenvalue weighted by Gasteiger charge is 2.03. The molecular weight excluding hydrogens is 174 g/mol. The molecule has 0 fully saturated rings. The van der Waals surface area contributed by atoms with Crippen molar-refractivity contribution in [3.63, 3.8) is 0 Å². The van der Waals surface area contributed by atoms with Crippen LogP contribution in [0.25, 0.3) is 0 Å². The van der Waals surface area contributed by atoms with E-state index in [0.29, 0.717) is 11.8 Å². The molecule has 2 heteroatoms. The lowest BCUT2D eigenvalue weighted by Crippen LogP contribution is -2.27. The molecule has 0 amide bonds. The van der Waals surface area contributed by atoms with E-state index in [1.807, 2.05) is 0 Å². The topological polar surface area (TPSA) is 21.3 Å². The Labute approximate surface area is 89.4 Å². The van der Waals surface area contributed by atoms with Gasteiger partial charge >= 0.3 is 0 Å². The third-order valence-corrected chi connectivity index (χ3v) is 1.90. The summed E-state index contributed by atoms with van der Waals surface area (Å²) >= 11 is 0. The van der Waals surface area contributed by atoms with Gasteiger partial charge in [-0.15, -0.1) is 0 Å². The molecule has 1 N–H and O–H groups in total. The highest BCUT2D eigenvalue weighted by molar-refractivity contribution is 4.57. The molecular formula is C12H27NO. The largest absolute Gasteiger partial charge is 0.381 e. The van der Waals surface area contributed by atoms with Crippen LogP contribution in [-0.2, 0) is 4.74 Å². The maximum absolute atomic E-state index is 5.57. The number of nitrogens with one attached hydrogen (secondary N) is 1. The van der Waals surface area contributed by atoms with Crippen molar-refractivity contribution in [3.05, 3.63) is 0 Å². The van der Waals surface area contributed by atoms with Gasteiger partial charge in [-0.2, -0.15) is 0 Å². The van der Waals surface area contributed by atoms with Crippen molar-refractivity contribution >= 4 is 0 Å². The van der Waals surface area contributed by atoms with E-state index >= 15 is 0 Å². The minimum atomic E-state index is 0.618. The van der Waals surface area contributed by atoms with Gasteiger partial charge < -0.3 is 10.1 Å². The van der Waals surface area contributed by atoms with Crippen molar-refractivity contribution in [2.24, 2.45) is 17.8 Å². The summed E-state index contributed by atoms with van der Waals surface area (Å²) < 4.78 is 5.57. The average Bonchev–Trinajstić information content (AvgIpc) is 2.02. The lowest BCUT2D eigenvalue weighted by molar-refractivity contribution is 0.0838. The zero-order valence-corrected chi connectivity index (χ0v) is 10.5. The van der Waals surface area contributed by atoms with Gasteiger partial charge in [-0.25, -0.2) is 0 Å². The molecule has 86 valence electrons. The Morgan fingerprint density at radius 3 is 2.00 bits per heavy atom. The van der Waals surface area contributed by atoms with Crippen LogP contribution in [0, 0.1) is 17.8 Å². The molecule has 14 heavy (non-hydrogen) atoms. The fourth-order valence-corrected chi connectivity index (χ4v) is 1.18. The van der Waals surface area contributed by atoms with Crippen LogP contribution >= 0.6 is 0 Å². The van der Waals surface area contributed by atoms with Crippen molar-refractivity contribution in [3.8, 4) is 0 Å². The third-order valence-electron chi connectivity index (χ3n) is 1.90. The Hall–Kier alpha value is -0.0800. The number of hydrogen-bond donors (Lipinski definition) is 1. The lowest BCUT2D eigenvalue weighted by Gasteiger charge is -2.15. The van der Waals surface area contributed by atoms with Crippen molar-refractivity contribution < 1.29 is 4.74 Å². The second-order valence-corrected chi connectivity index (χ2v) is 5.09. The van der Waals surface area contributed by atoms with Gasteiger partial charge in [-0.05, 0) is 30.8 Å². The Morgan fingerprint density at radius 1 is 0.857 bits per heavy atom. The van der Waals surface area contributed by atoms with Crippen molar-refractivity contribution in [1.82, 2.24) is 5.32 Å². The molecule has 0 aliphatic rings. The Kier molecular flexibility index (Phi) is 8.20. The summed E-state index contributed by atoms with van der Waals surface area (Å²) in [7, 11) is 0. The van der Waals surface area contributed by atoms with Crippen LogP contribution in [0.15, 0.2) is 0 Å². The predicted molar refractivity (Wildman–Crippen MR) is 62.5 cm³/mol. The molecule has 0 spiro atoms. The summed E-state index contributed by atoms with van der Waals surface area (Å²) in [5.74, 6) is 2.00. The molecule has 0 radical (unpaired) electrons. The Morgan fingerprint density at radius 2 is 1.50 bits per heavy atom. The number of rotatable bonds is 8. The summed E-state index contributed by atoms with van der Waals surface area (Å²) in [5.41, 5.74) is 0. The molecule has 0 saturated heterocycles. The van der Waals surface area contributed by atoms with E-state index in [2.05, 4.69) is 39.9 Å². The van der Waals surface area contributed by atoms with E-state index in [1.54, 1.807) is 0 Å². The van der Waals surface area contributed by atoms with Gasteiger partial charge in [-0.1, -0.05) is 34.6 Å². The van der Waals surface area contributed by atoms with Crippen LogP contribution in [0.5, 0.6) is 0 Å². The second-order valence-electron chi connectivity index (χ2n) is 5.09. The van der Waals surface area contributed by atoms with Crippen LogP contribution in [0.3, 0.4) is 0 Å². The summed E-state index contributed by atoms with van der Waals surface area (Å²) in [6.07, 6.45) is 0. The molecule has 0 aliphatic carbocycles. The molecule has 0 saturated carbocycles. The zero-order chi connectivity index (χ0) is 11.0. The van der Waals surface area contributed by atoms with E-state index in [0.717, 1.165) is 32.2 Å². The predicted octanol–water partition coefficient (Wildman–Crippen LogP) is 2.54. The second kappa shape index (κ2) is 8.25. The Bertz CT molecular complexity index is 109. The average molecular weight is 201 g/mol. The van der Waals surface area contributed by atoms with Gasteiger partial charge in [0.15, 0.2) is 0 Å². The molecule has 1 atom stereocenters. The zero-order valence-electron chi connectivity index (χ0n) is 10.5. The molecule has 0 aromatic carbocycles. The maximum Gasteiger partial charge on any atom is 0.0503 e. The van der Waals surface area contributed by atoms with E-state index in [4.69, 9.17) is 4.74 Å². The fourth-order valence-electron chi connectivity index (χ4n) is 1.18. The van der Waals surface area contributed by atoms with Crippen LogP contribution in [0.1, 0.15) is 34.6 Å². The standard InChI is InChI=1S/C12H27NO/c1-10(2)6-13-7-12(5)9-14-8-11(3)4/h10-13H,6-9H2,1-5H3.